The van der Waals surface area contributed by atoms with Crippen molar-refractivity contribution in [2.75, 3.05) is 31.5 Å². The smallest absolute Gasteiger partial charge is 0.238 e. The number of nitrogens with two attached hydrogens (primary N) is 1. The summed E-state index contributed by atoms with van der Waals surface area (Å²) in [6, 6.07) is 6.89. The van der Waals surface area contributed by atoms with Gasteiger partial charge in [0.25, 0.3) is 0 Å². The molecular weight excluding hydrogens is 426 g/mol. The molecule has 1 aromatic carbocycles. The maximum absolute atomic E-state index is 11.4. The summed E-state index contributed by atoms with van der Waals surface area (Å²) in [7, 11) is -3.67. The van der Waals surface area contributed by atoms with E-state index in [0.717, 1.165) is 49.2 Å². The summed E-state index contributed by atoms with van der Waals surface area (Å²) in [4.78, 5) is 15.9. The van der Waals surface area contributed by atoms with Crippen molar-refractivity contribution in [3.05, 3.63) is 42.5 Å². The topological polar surface area (TPSA) is 119 Å². The van der Waals surface area contributed by atoms with Gasteiger partial charge >= 0.3 is 0 Å². The molecule has 174 valence electrons. The van der Waals surface area contributed by atoms with Crippen molar-refractivity contribution in [1.82, 2.24) is 24.4 Å². The summed E-state index contributed by atoms with van der Waals surface area (Å²) >= 11 is 0. The van der Waals surface area contributed by atoms with Gasteiger partial charge in [-0.3, -0.25) is 0 Å². The molecule has 2 aromatic heterocycles. The number of fused-ring (bicyclic) bond motifs is 1. The number of nitrogens with zero attached hydrogens (tertiary/aromatic N) is 5. The van der Waals surface area contributed by atoms with Gasteiger partial charge in [-0.25, -0.2) is 28.5 Å². The predicted octanol–water partition coefficient (Wildman–Crippen LogP) is 2.81. The SMILES string of the molecule is CCN(CC)CCCC(C)n1cnc2c(NCCc3ccc(S(N)(=O)=O)cc3)ncnc21. The first kappa shape index (κ1) is 24.1. The number of benzene rings is 1. The zero-order valence-corrected chi connectivity index (χ0v) is 19.8. The molecule has 0 saturated heterocycles. The van der Waals surface area contributed by atoms with E-state index in [9.17, 15) is 8.42 Å². The molecule has 0 aliphatic heterocycles. The van der Waals surface area contributed by atoms with E-state index in [4.69, 9.17) is 5.14 Å². The maximum Gasteiger partial charge on any atom is 0.238 e. The molecule has 0 radical (unpaired) electrons. The van der Waals surface area contributed by atoms with Gasteiger partial charge in [0.15, 0.2) is 11.5 Å². The molecule has 2 heterocycles. The van der Waals surface area contributed by atoms with E-state index < -0.39 is 10.0 Å². The molecule has 0 amide bonds. The number of primary sulfonamides is 1. The molecular formula is C22H33N7O2S. The largest absolute Gasteiger partial charge is 0.368 e. The van der Waals surface area contributed by atoms with Crippen LogP contribution < -0.4 is 10.5 Å². The Hall–Kier alpha value is -2.56. The fourth-order valence-corrected chi connectivity index (χ4v) is 4.28. The minimum absolute atomic E-state index is 0.114. The second-order valence-corrected chi connectivity index (χ2v) is 9.49. The minimum atomic E-state index is -3.67. The van der Waals surface area contributed by atoms with Crippen LogP contribution in [0.15, 0.2) is 41.8 Å². The quantitative estimate of drug-likeness (QED) is 0.427. The van der Waals surface area contributed by atoms with Crippen LogP contribution in [0.1, 0.15) is 45.2 Å². The molecule has 0 saturated carbocycles. The third-order valence-electron chi connectivity index (χ3n) is 5.78. The normalized spacial score (nSPS) is 13.0. The van der Waals surface area contributed by atoms with Gasteiger partial charge in [0.05, 0.1) is 11.2 Å². The fourth-order valence-electron chi connectivity index (χ4n) is 3.76. The highest BCUT2D eigenvalue weighted by atomic mass is 32.2. The summed E-state index contributed by atoms with van der Waals surface area (Å²) in [6.45, 7) is 10.5. The second kappa shape index (κ2) is 10.8. The number of anilines is 1. The highest BCUT2D eigenvalue weighted by Gasteiger charge is 2.14. The molecule has 0 aliphatic carbocycles. The molecule has 0 aliphatic rings. The first-order valence-corrected chi connectivity index (χ1v) is 12.6. The molecule has 3 aromatic rings. The van der Waals surface area contributed by atoms with E-state index in [2.05, 4.69) is 50.5 Å². The second-order valence-electron chi connectivity index (χ2n) is 7.93. The first-order chi connectivity index (χ1) is 15.3. The average Bonchev–Trinajstić information content (AvgIpc) is 3.21. The van der Waals surface area contributed by atoms with E-state index in [-0.39, 0.29) is 4.90 Å². The van der Waals surface area contributed by atoms with Gasteiger partial charge in [-0.15, -0.1) is 0 Å². The van der Waals surface area contributed by atoms with Crippen molar-refractivity contribution in [3.8, 4) is 0 Å². The maximum atomic E-state index is 11.4. The molecule has 0 bridgehead atoms. The number of imidazole rings is 1. The van der Waals surface area contributed by atoms with Crippen LogP contribution >= 0.6 is 0 Å². The highest BCUT2D eigenvalue weighted by Crippen LogP contribution is 2.23. The third-order valence-corrected chi connectivity index (χ3v) is 6.71. The molecule has 0 spiro atoms. The van der Waals surface area contributed by atoms with E-state index >= 15 is 0 Å². The molecule has 32 heavy (non-hydrogen) atoms. The zero-order valence-electron chi connectivity index (χ0n) is 19.0. The van der Waals surface area contributed by atoms with Gasteiger partial charge in [0, 0.05) is 12.6 Å². The van der Waals surface area contributed by atoms with Crippen LogP contribution in [0, 0.1) is 0 Å². The molecule has 3 N–H and O–H groups in total. The predicted molar refractivity (Wildman–Crippen MR) is 127 cm³/mol. The van der Waals surface area contributed by atoms with Gasteiger partial charge in [0.2, 0.25) is 10.0 Å². The lowest BCUT2D eigenvalue weighted by Gasteiger charge is -2.20. The van der Waals surface area contributed by atoms with Gasteiger partial charge < -0.3 is 14.8 Å². The summed E-state index contributed by atoms with van der Waals surface area (Å²) < 4.78 is 24.9. The number of hydrogen-bond donors (Lipinski definition) is 2. The molecule has 1 unspecified atom stereocenters. The van der Waals surface area contributed by atoms with Crippen molar-refractivity contribution in [2.24, 2.45) is 5.14 Å². The van der Waals surface area contributed by atoms with Gasteiger partial charge in [-0.1, -0.05) is 26.0 Å². The van der Waals surface area contributed by atoms with Crippen molar-refractivity contribution in [1.29, 1.82) is 0 Å². The molecule has 3 rings (SSSR count). The van der Waals surface area contributed by atoms with E-state index in [1.807, 2.05) is 6.33 Å². The number of sulfonamides is 1. The summed E-state index contributed by atoms with van der Waals surface area (Å²) in [5.41, 5.74) is 2.59. The Labute approximate surface area is 190 Å². The third kappa shape index (κ3) is 6.02. The van der Waals surface area contributed by atoms with Crippen LogP contribution in [0.5, 0.6) is 0 Å². The fraction of sp³-hybridized carbons (Fsp3) is 0.500. The zero-order chi connectivity index (χ0) is 23.1. The van der Waals surface area contributed by atoms with Crippen LogP contribution in [0.25, 0.3) is 11.2 Å². The van der Waals surface area contributed by atoms with Crippen LogP contribution in [0.2, 0.25) is 0 Å². The number of aromatic nitrogens is 4. The monoisotopic (exact) mass is 459 g/mol. The Morgan fingerprint density at radius 1 is 1.12 bits per heavy atom. The summed E-state index contributed by atoms with van der Waals surface area (Å²) in [5, 5.41) is 8.48. The number of rotatable bonds is 12. The lowest BCUT2D eigenvalue weighted by molar-refractivity contribution is 0.288. The van der Waals surface area contributed by atoms with Crippen molar-refractivity contribution in [2.45, 2.75) is 51.0 Å². The lowest BCUT2D eigenvalue weighted by atomic mass is 10.1. The minimum Gasteiger partial charge on any atom is -0.368 e. The van der Waals surface area contributed by atoms with E-state index in [1.54, 1.807) is 18.5 Å². The van der Waals surface area contributed by atoms with Gasteiger partial charge in [-0.05, 0) is 63.5 Å². The summed E-state index contributed by atoms with van der Waals surface area (Å²) in [6.07, 6.45) is 6.30. The van der Waals surface area contributed by atoms with E-state index in [1.165, 1.54) is 12.1 Å². The first-order valence-electron chi connectivity index (χ1n) is 11.1. The van der Waals surface area contributed by atoms with Gasteiger partial charge in [-0.2, -0.15) is 0 Å². The Morgan fingerprint density at radius 2 is 1.84 bits per heavy atom. The Balaban J connectivity index is 1.61. The molecule has 10 heteroatoms. The molecule has 0 fully saturated rings. The Kier molecular flexibility index (Phi) is 8.16. The average molecular weight is 460 g/mol. The summed E-state index contributed by atoms with van der Waals surface area (Å²) in [5.74, 6) is 0.699. The molecule has 1 atom stereocenters. The van der Waals surface area contributed by atoms with Crippen LogP contribution in [0.4, 0.5) is 5.82 Å². The Morgan fingerprint density at radius 3 is 2.50 bits per heavy atom. The van der Waals surface area contributed by atoms with Crippen molar-refractivity contribution >= 4 is 27.0 Å². The van der Waals surface area contributed by atoms with Crippen molar-refractivity contribution in [3.63, 3.8) is 0 Å². The van der Waals surface area contributed by atoms with Gasteiger partial charge in [0.1, 0.15) is 11.8 Å². The number of nitrogens with one attached hydrogen (secondary N) is 1. The van der Waals surface area contributed by atoms with Crippen LogP contribution in [-0.2, 0) is 16.4 Å². The van der Waals surface area contributed by atoms with Crippen molar-refractivity contribution < 1.29 is 8.42 Å². The van der Waals surface area contributed by atoms with E-state index in [0.29, 0.717) is 24.8 Å². The highest BCUT2D eigenvalue weighted by molar-refractivity contribution is 7.89. The molecule has 9 nitrogen and oxygen atoms in total. The van der Waals surface area contributed by atoms with Crippen LogP contribution in [-0.4, -0.2) is 59.0 Å². The number of hydrogen-bond acceptors (Lipinski definition) is 7. The van der Waals surface area contributed by atoms with Crippen LogP contribution in [0.3, 0.4) is 0 Å². The Bertz CT molecular complexity index is 1110. The lowest BCUT2D eigenvalue weighted by Crippen LogP contribution is -2.24. The standard InChI is InChI=1S/C22H33N7O2S/c1-4-28(5-2)14-6-7-17(3)29-16-27-20-21(25-15-26-22(20)29)24-13-12-18-8-10-19(11-9-18)32(23,30)31/h8-11,15-17H,4-7,12-14H2,1-3H3,(H2,23,30,31)(H,24,25,26).